The summed E-state index contributed by atoms with van der Waals surface area (Å²) in [7, 11) is 0. The van der Waals surface area contributed by atoms with E-state index in [1.54, 1.807) is 0 Å². The summed E-state index contributed by atoms with van der Waals surface area (Å²) in [6, 6.07) is 15.6. The zero-order valence-corrected chi connectivity index (χ0v) is 15.0. The molecule has 0 aliphatic heterocycles. The maximum Gasteiger partial charge on any atom is 0.142 e. The van der Waals surface area contributed by atoms with Crippen LogP contribution in [0.4, 0.5) is 0 Å². The molecule has 2 nitrogen and oxygen atoms in total. The van der Waals surface area contributed by atoms with Gasteiger partial charge in [0, 0.05) is 11.4 Å². The van der Waals surface area contributed by atoms with E-state index in [9.17, 15) is 9.90 Å². The molecule has 1 fully saturated rings. The number of benzene rings is 2. The van der Waals surface area contributed by atoms with Crippen LogP contribution in [0.3, 0.4) is 0 Å². The van der Waals surface area contributed by atoms with E-state index in [2.05, 4.69) is 6.08 Å². The Morgan fingerprint density at radius 1 is 1.12 bits per heavy atom. The summed E-state index contributed by atoms with van der Waals surface area (Å²) >= 11 is 5.99. The summed E-state index contributed by atoms with van der Waals surface area (Å²) in [4.78, 5) is 12.8. The predicted molar refractivity (Wildman–Crippen MR) is 101 cm³/mol. The molecule has 1 saturated carbocycles. The molecule has 25 heavy (non-hydrogen) atoms. The SMILES string of the molecule is C[C@@]12C/C(=C/c3ccc(Cl)cc3)c3ccccc3[C@]1(O)CCCC2=O. The summed E-state index contributed by atoms with van der Waals surface area (Å²) in [6.45, 7) is 1.93. The second-order valence-corrected chi connectivity index (χ2v) is 7.85. The van der Waals surface area contributed by atoms with Crippen LogP contribution in [0.1, 0.15) is 49.3 Å². The van der Waals surface area contributed by atoms with Crippen LogP contribution in [0.25, 0.3) is 11.6 Å². The molecular formula is C22H21ClO2. The van der Waals surface area contributed by atoms with Gasteiger partial charge < -0.3 is 5.11 Å². The van der Waals surface area contributed by atoms with Crippen LogP contribution in [0.15, 0.2) is 48.5 Å². The number of aliphatic hydroxyl groups is 1. The highest BCUT2D eigenvalue weighted by Crippen LogP contribution is 2.58. The Bertz CT molecular complexity index is 868. The smallest absolute Gasteiger partial charge is 0.142 e. The van der Waals surface area contributed by atoms with Crippen molar-refractivity contribution >= 4 is 29.0 Å². The maximum absolute atomic E-state index is 12.8. The highest BCUT2D eigenvalue weighted by atomic mass is 35.5. The van der Waals surface area contributed by atoms with Crippen molar-refractivity contribution in [1.82, 2.24) is 0 Å². The first-order valence-corrected chi connectivity index (χ1v) is 9.13. The Labute approximate surface area is 153 Å². The van der Waals surface area contributed by atoms with Gasteiger partial charge in [0.05, 0.1) is 5.41 Å². The van der Waals surface area contributed by atoms with Gasteiger partial charge in [0.2, 0.25) is 0 Å². The lowest BCUT2D eigenvalue weighted by atomic mass is 9.54. The van der Waals surface area contributed by atoms with E-state index in [0.717, 1.165) is 28.7 Å². The molecule has 2 aliphatic carbocycles. The molecular weight excluding hydrogens is 332 g/mol. The lowest BCUT2D eigenvalue weighted by Gasteiger charge is -2.51. The molecule has 2 aromatic carbocycles. The number of hydrogen-bond donors (Lipinski definition) is 1. The number of carbonyl (C=O) groups is 1. The van der Waals surface area contributed by atoms with Gasteiger partial charge in [-0.05, 0) is 60.6 Å². The molecule has 0 saturated heterocycles. The molecule has 0 radical (unpaired) electrons. The highest BCUT2D eigenvalue weighted by Gasteiger charge is 2.57. The quantitative estimate of drug-likeness (QED) is 0.762. The van der Waals surface area contributed by atoms with E-state index in [-0.39, 0.29) is 5.78 Å². The van der Waals surface area contributed by atoms with Crippen LogP contribution in [0.5, 0.6) is 0 Å². The summed E-state index contributed by atoms with van der Waals surface area (Å²) in [5, 5.41) is 12.2. The zero-order chi connectivity index (χ0) is 17.7. The van der Waals surface area contributed by atoms with E-state index in [1.165, 1.54) is 0 Å². The van der Waals surface area contributed by atoms with Gasteiger partial charge in [-0.2, -0.15) is 0 Å². The lowest BCUT2D eigenvalue weighted by molar-refractivity contribution is -0.158. The summed E-state index contributed by atoms with van der Waals surface area (Å²) < 4.78 is 0. The lowest BCUT2D eigenvalue weighted by Crippen LogP contribution is -2.54. The highest BCUT2D eigenvalue weighted by molar-refractivity contribution is 6.30. The average Bonchev–Trinajstić information content (AvgIpc) is 2.61. The van der Waals surface area contributed by atoms with Crippen molar-refractivity contribution in [3.63, 3.8) is 0 Å². The summed E-state index contributed by atoms with van der Waals surface area (Å²) in [6.07, 6.45) is 4.61. The fourth-order valence-electron chi connectivity index (χ4n) is 4.45. The van der Waals surface area contributed by atoms with E-state index in [1.807, 2.05) is 55.5 Å². The number of halogens is 1. The fourth-order valence-corrected chi connectivity index (χ4v) is 4.58. The molecule has 0 spiro atoms. The van der Waals surface area contributed by atoms with Gasteiger partial charge in [0.25, 0.3) is 0 Å². The van der Waals surface area contributed by atoms with Gasteiger partial charge in [-0.15, -0.1) is 0 Å². The van der Waals surface area contributed by atoms with Gasteiger partial charge in [-0.3, -0.25) is 4.79 Å². The van der Waals surface area contributed by atoms with Crippen LogP contribution < -0.4 is 0 Å². The van der Waals surface area contributed by atoms with Crippen molar-refractivity contribution < 1.29 is 9.90 Å². The van der Waals surface area contributed by atoms with Crippen LogP contribution in [0.2, 0.25) is 5.02 Å². The molecule has 0 bridgehead atoms. The first kappa shape index (κ1) is 16.6. The Morgan fingerprint density at radius 3 is 2.60 bits per heavy atom. The van der Waals surface area contributed by atoms with E-state index < -0.39 is 11.0 Å². The van der Waals surface area contributed by atoms with Crippen molar-refractivity contribution in [3.05, 3.63) is 70.2 Å². The minimum absolute atomic E-state index is 0.165. The number of allylic oxidation sites excluding steroid dienone is 1. The number of ketones is 1. The summed E-state index contributed by atoms with van der Waals surface area (Å²) in [5.74, 6) is 0.165. The second-order valence-electron chi connectivity index (χ2n) is 7.41. The van der Waals surface area contributed by atoms with Crippen molar-refractivity contribution in [3.8, 4) is 0 Å². The minimum Gasteiger partial charge on any atom is -0.384 e. The monoisotopic (exact) mass is 352 g/mol. The van der Waals surface area contributed by atoms with Gasteiger partial charge in [-0.25, -0.2) is 0 Å². The average molecular weight is 353 g/mol. The van der Waals surface area contributed by atoms with Crippen molar-refractivity contribution in [2.45, 2.75) is 38.2 Å². The van der Waals surface area contributed by atoms with Gasteiger partial charge in [0.1, 0.15) is 11.4 Å². The number of fused-ring (bicyclic) bond motifs is 3. The van der Waals surface area contributed by atoms with Gasteiger partial charge in [-0.1, -0.05) is 54.1 Å². The Balaban J connectivity index is 1.90. The Kier molecular flexibility index (Phi) is 3.86. The van der Waals surface area contributed by atoms with Gasteiger partial charge in [0.15, 0.2) is 0 Å². The molecule has 2 aromatic rings. The van der Waals surface area contributed by atoms with E-state index in [4.69, 9.17) is 11.6 Å². The molecule has 4 rings (SSSR count). The molecule has 3 heteroatoms. The molecule has 0 heterocycles. The Hall–Kier alpha value is -1.90. The minimum atomic E-state index is -1.07. The first-order valence-electron chi connectivity index (χ1n) is 8.76. The fraction of sp³-hybridized carbons (Fsp3) is 0.318. The molecule has 2 aliphatic rings. The van der Waals surface area contributed by atoms with E-state index in [0.29, 0.717) is 24.3 Å². The molecule has 0 unspecified atom stereocenters. The van der Waals surface area contributed by atoms with Crippen molar-refractivity contribution in [2.75, 3.05) is 0 Å². The summed E-state index contributed by atoms with van der Waals surface area (Å²) in [5.41, 5.74) is 2.24. The molecule has 0 aromatic heterocycles. The first-order chi connectivity index (χ1) is 11.9. The number of rotatable bonds is 1. The number of hydrogen-bond acceptors (Lipinski definition) is 2. The zero-order valence-electron chi connectivity index (χ0n) is 14.3. The second kappa shape index (κ2) is 5.82. The molecule has 0 amide bonds. The van der Waals surface area contributed by atoms with E-state index >= 15 is 0 Å². The van der Waals surface area contributed by atoms with Crippen molar-refractivity contribution in [1.29, 1.82) is 0 Å². The van der Waals surface area contributed by atoms with Gasteiger partial charge >= 0.3 is 0 Å². The third-order valence-electron chi connectivity index (χ3n) is 5.94. The standard InChI is InChI=1S/C22H21ClO2/c1-21-14-16(13-15-8-10-17(23)11-9-15)18-5-2-3-6-19(18)22(21,25)12-4-7-20(21)24/h2-3,5-6,8-11,13,25H,4,7,12,14H2,1H3/b16-13-/t21-,22+/m0/s1. The van der Waals surface area contributed by atoms with Crippen LogP contribution in [-0.4, -0.2) is 10.9 Å². The molecule has 1 N–H and O–H groups in total. The Morgan fingerprint density at radius 2 is 1.84 bits per heavy atom. The largest absolute Gasteiger partial charge is 0.384 e. The maximum atomic E-state index is 12.8. The number of Topliss-reactive ketones (excluding diaryl/α,β-unsaturated/α-hetero) is 1. The van der Waals surface area contributed by atoms with Crippen LogP contribution >= 0.6 is 11.6 Å². The number of carbonyl (C=O) groups excluding carboxylic acids is 1. The molecule has 128 valence electrons. The van der Waals surface area contributed by atoms with Crippen LogP contribution in [0, 0.1) is 5.41 Å². The third-order valence-corrected chi connectivity index (χ3v) is 6.20. The third kappa shape index (κ3) is 2.47. The predicted octanol–water partition coefficient (Wildman–Crippen LogP) is 5.23. The van der Waals surface area contributed by atoms with Crippen molar-refractivity contribution in [2.24, 2.45) is 5.41 Å². The topological polar surface area (TPSA) is 37.3 Å². The normalized spacial score (nSPS) is 30.0. The molecule has 2 atom stereocenters. The van der Waals surface area contributed by atoms with Crippen LogP contribution in [-0.2, 0) is 10.4 Å².